The Morgan fingerprint density at radius 2 is 2.06 bits per heavy atom. The van der Waals surface area contributed by atoms with E-state index in [1.807, 2.05) is 0 Å². The van der Waals surface area contributed by atoms with E-state index in [1.54, 1.807) is 20.0 Å². The van der Waals surface area contributed by atoms with Gasteiger partial charge in [-0.1, -0.05) is 6.07 Å². The highest BCUT2D eigenvalue weighted by atomic mass is 16.4. The normalized spacial score (nSPS) is 10.8. The Morgan fingerprint density at radius 3 is 2.67 bits per heavy atom. The van der Waals surface area contributed by atoms with E-state index in [-0.39, 0.29) is 6.42 Å². The van der Waals surface area contributed by atoms with E-state index < -0.39 is 17.5 Å². The van der Waals surface area contributed by atoms with Gasteiger partial charge in [0, 0.05) is 13.5 Å². The van der Waals surface area contributed by atoms with Crippen molar-refractivity contribution in [3.63, 3.8) is 0 Å². The van der Waals surface area contributed by atoms with Crippen LogP contribution in [0, 0.1) is 6.92 Å². The van der Waals surface area contributed by atoms with Gasteiger partial charge in [-0.25, -0.2) is 9.59 Å². The van der Waals surface area contributed by atoms with Crippen molar-refractivity contribution in [1.29, 1.82) is 0 Å². The van der Waals surface area contributed by atoms with Crippen LogP contribution in [-0.4, -0.2) is 21.4 Å². The molecule has 0 aliphatic carbocycles. The van der Waals surface area contributed by atoms with E-state index in [1.165, 1.54) is 10.6 Å². The van der Waals surface area contributed by atoms with Gasteiger partial charge in [-0.15, -0.1) is 0 Å². The summed E-state index contributed by atoms with van der Waals surface area (Å²) in [6, 6.07) is 3.20. The maximum Gasteiger partial charge on any atom is 0.419 e. The van der Waals surface area contributed by atoms with Crippen LogP contribution in [0.5, 0.6) is 0 Å². The number of aromatic nitrogens is 1. The number of benzene rings is 1. The molecular formula is C12H11NO5. The van der Waals surface area contributed by atoms with Crippen molar-refractivity contribution in [3.05, 3.63) is 33.8 Å². The summed E-state index contributed by atoms with van der Waals surface area (Å²) < 4.78 is 6.38. The van der Waals surface area contributed by atoms with E-state index >= 15 is 0 Å². The number of carboxylic acid groups (broad SMARTS) is 1. The molecule has 0 amide bonds. The largest absolute Gasteiger partial charge is 0.475 e. The summed E-state index contributed by atoms with van der Waals surface area (Å²) in [5.41, 5.74) is 2.28. The lowest BCUT2D eigenvalue weighted by Crippen LogP contribution is -2.15. The van der Waals surface area contributed by atoms with Crippen LogP contribution in [0.3, 0.4) is 0 Å². The molecule has 1 aromatic heterocycles. The summed E-state index contributed by atoms with van der Waals surface area (Å²) in [5.74, 6) is -2.86. The molecule has 0 saturated heterocycles. The monoisotopic (exact) mass is 249 g/mol. The maximum absolute atomic E-state index is 11.4. The number of Topliss-reactive ketones (excluding diaryl/α,β-unsaturated/α-hetero) is 1. The first-order valence-electron chi connectivity index (χ1n) is 5.25. The molecule has 0 spiro atoms. The number of hydrogen-bond donors (Lipinski definition) is 1. The van der Waals surface area contributed by atoms with Crippen molar-refractivity contribution in [2.75, 3.05) is 0 Å². The number of carbonyl (C=O) groups excluding carboxylic acids is 1. The van der Waals surface area contributed by atoms with Crippen LogP contribution in [0.4, 0.5) is 0 Å². The van der Waals surface area contributed by atoms with Gasteiger partial charge >= 0.3 is 11.7 Å². The first kappa shape index (κ1) is 12.1. The van der Waals surface area contributed by atoms with E-state index in [4.69, 9.17) is 9.52 Å². The van der Waals surface area contributed by atoms with E-state index in [2.05, 4.69) is 0 Å². The number of hydrogen-bond acceptors (Lipinski definition) is 4. The van der Waals surface area contributed by atoms with Crippen molar-refractivity contribution >= 4 is 22.9 Å². The van der Waals surface area contributed by atoms with Gasteiger partial charge in [0.05, 0.1) is 5.52 Å². The van der Waals surface area contributed by atoms with Crippen LogP contribution in [0.1, 0.15) is 11.1 Å². The highest BCUT2D eigenvalue weighted by Gasteiger charge is 2.15. The maximum atomic E-state index is 11.4. The molecule has 0 aliphatic heterocycles. The SMILES string of the molecule is Cc1cc(CC(=O)C(=O)O)cc2oc(=O)n(C)c12. The lowest BCUT2D eigenvalue weighted by molar-refractivity contribution is -0.148. The fourth-order valence-electron chi connectivity index (χ4n) is 1.94. The smallest absolute Gasteiger partial charge is 0.419 e. The molecule has 0 atom stereocenters. The number of oxazole rings is 1. The molecule has 2 aromatic rings. The summed E-state index contributed by atoms with van der Waals surface area (Å²) in [4.78, 5) is 33.0. The summed E-state index contributed by atoms with van der Waals surface area (Å²) >= 11 is 0. The van der Waals surface area contributed by atoms with Gasteiger partial charge in [-0.3, -0.25) is 9.36 Å². The zero-order chi connectivity index (χ0) is 13.4. The average Bonchev–Trinajstić information content (AvgIpc) is 2.54. The van der Waals surface area contributed by atoms with Gasteiger partial charge in [0.25, 0.3) is 0 Å². The zero-order valence-electron chi connectivity index (χ0n) is 9.89. The molecule has 2 rings (SSSR count). The summed E-state index contributed by atoms with van der Waals surface area (Å²) in [6.07, 6.45) is -0.218. The molecule has 0 fully saturated rings. The minimum atomic E-state index is -1.47. The predicted octanol–water partition coefficient (Wildman–Crippen LogP) is 0.636. The third kappa shape index (κ3) is 1.92. The van der Waals surface area contributed by atoms with Crippen molar-refractivity contribution in [2.24, 2.45) is 7.05 Å². The Labute approximate surface area is 101 Å². The van der Waals surface area contributed by atoms with E-state index in [0.717, 1.165) is 5.56 Å². The number of carbonyl (C=O) groups is 2. The first-order chi connectivity index (χ1) is 8.40. The second kappa shape index (κ2) is 4.14. The van der Waals surface area contributed by atoms with E-state index in [0.29, 0.717) is 16.7 Å². The molecule has 94 valence electrons. The quantitative estimate of drug-likeness (QED) is 0.806. The van der Waals surface area contributed by atoms with Crippen LogP contribution in [0.15, 0.2) is 21.3 Å². The molecular weight excluding hydrogens is 238 g/mol. The van der Waals surface area contributed by atoms with Crippen molar-refractivity contribution < 1.29 is 19.1 Å². The Morgan fingerprint density at radius 1 is 1.39 bits per heavy atom. The lowest BCUT2D eigenvalue weighted by Gasteiger charge is -2.02. The molecule has 0 saturated carbocycles. The second-order valence-electron chi connectivity index (χ2n) is 4.09. The Kier molecular flexibility index (Phi) is 2.78. The van der Waals surface area contributed by atoms with Gasteiger partial charge in [-0.2, -0.15) is 0 Å². The van der Waals surface area contributed by atoms with Gasteiger partial charge in [-0.05, 0) is 24.1 Å². The molecule has 6 nitrogen and oxygen atoms in total. The molecule has 1 heterocycles. The predicted molar refractivity (Wildman–Crippen MR) is 62.5 cm³/mol. The number of fused-ring (bicyclic) bond motifs is 1. The molecule has 0 aliphatic rings. The Bertz CT molecular complexity index is 707. The molecule has 18 heavy (non-hydrogen) atoms. The molecule has 0 unspecified atom stereocenters. The number of rotatable bonds is 3. The third-order valence-electron chi connectivity index (χ3n) is 2.74. The number of aliphatic carboxylic acids is 1. The van der Waals surface area contributed by atoms with Crippen molar-refractivity contribution in [3.8, 4) is 0 Å². The topological polar surface area (TPSA) is 89.5 Å². The van der Waals surface area contributed by atoms with Crippen LogP contribution < -0.4 is 5.76 Å². The number of nitrogens with zero attached hydrogens (tertiary/aromatic N) is 1. The van der Waals surface area contributed by atoms with Gasteiger partial charge in [0.1, 0.15) is 0 Å². The van der Waals surface area contributed by atoms with Gasteiger partial charge < -0.3 is 9.52 Å². The van der Waals surface area contributed by atoms with Gasteiger partial charge in [0.15, 0.2) is 5.58 Å². The number of ketones is 1. The van der Waals surface area contributed by atoms with Crippen LogP contribution >= 0.6 is 0 Å². The number of carboxylic acids is 1. The fourth-order valence-corrected chi connectivity index (χ4v) is 1.94. The average molecular weight is 249 g/mol. The lowest BCUT2D eigenvalue weighted by atomic mass is 10.1. The molecule has 1 aromatic carbocycles. The van der Waals surface area contributed by atoms with Crippen LogP contribution in [-0.2, 0) is 23.1 Å². The second-order valence-corrected chi connectivity index (χ2v) is 4.09. The number of aryl methyl sites for hydroxylation is 2. The zero-order valence-corrected chi connectivity index (χ0v) is 9.89. The Balaban J connectivity index is 2.53. The summed E-state index contributed by atoms with van der Waals surface area (Å²) in [6.45, 7) is 1.77. The van der Waals surface area contributed by atoms with Gasteiger partial charge in [0.2, 0.25) is 5.78 Å². The standard InChI is InChI=1S/C12H11NO5/c1-6-3-7(4-8(14)11(15)16)5-9-10(6)13(2)12(17)18-9/h3,5H,4H2,1-2H3,(H,15,16). The molecule has 1 N–H and O–H groups in total. The van der Waals surface area contributed by atoms with E-state index in [9.17, 15) is 14.4 Å². The molecule has 0 radical (unpaired) electrons. The molecule has 0 bridgehead atoms. The highest BCUT2D eigenvalue weighted by Crippen LogP contribution is 2.19. The minimum Gasteiger partial charge on any atom is -0.475 e. The highest BCUT2D eigenvalue weighted by molar-refractivity contribution is 6.33. The third-order valence-corrected chi connectivity index (χ3v) is 2.74. The van der Waals surface area contributed by atoms with Crippen molar-refractivity contribution in [1.82, 2.24) is 4.57 Å². The minimum absolute atomic E-state index is 0.218. The van der Waals surface area contributed by atoms with Crippen LogP contribution in [0.25, 0.3) is 11.1 Å². The fraction of sp³-hybridized carbons (Fsp3) is 0.250. The van der Waals surface area contributed by atoms with Crippen LogP contribution in [0.2, 0.25) is 0 Å². The molecule has 6 heteroatoms. The summed E-state index contributed by atoms with van der Waals surface area (Å²) in [7, 11) is 1.59. The van der Waals surface area contributed by atoms with Crippen molar-refractivity contribution in [2.45, 2.75) is 13.3 Å². The first-order valence-corrected chi connectivity index (χ1v) is 5.25. The Hall–Kier alpha value is -2.37. The summed E-state index contributed by atoms with van der Waals surface area (Å²) in [5, 5.41) is 8.55.